The van der Waals surface area contributed by atoms with E-state index in [1.807, 2.05) is 13.8 Å². The number of carbonyl (C=O) groups excluding carboxylic acids is 2. The molecule has 2 unspecified atom stereocenters. The van der Waals surface area contributed by atoms with Crippen molar-refractivity contribution in [1.82, 2.24) is 16.0 Å². The number of ether oxygens (including phenoxy) is 1. The van der Waals surface area contributed by atoms with E-state index in [4.69, 9.17) is 5.11 Å². The van der Waals surface area contributed by atoms with E-state index in [9.17, 15) is 14.4 Å². The Bertz CT molecular complexity index is 335. The zero-order valence-electron chi connectivity index (χ0n) is 12.1. The summed E-state index contributed by atoms with van der Waals surface area (Å²) in [5.74, 6) is -1.34. The molecule has 2 atom stereocenters. The van der Waals surface area contributed by atoms with E-state index in [2.05, 4.69) is 20.7 Å². The summed E-state index contributed by atoms with van der Waals surface area (Å²) in [6.07, 6.45) is 0.969. The van der Waals surface area contributed by atoms with E-state index < -0.39 is 18.0 Å². The predicted molar refractivity (Wildman–Crippen MR) is 72.3 cm³/mol. The smallest absolute Gasteiger partial charge is 0.328 e. The molecule has 4 N–H and O–H groups in total. The van der Waals surface area contributed by atoms with E-state index in [1.165, 1.54) is 7.11 Å². The predicted octanol–water partition coefficient (Wildman–Crippen LogP) is -0.310. The standard InChI is InChI=1S/C12H23N3O5/c1-4-8(2)14-10(16)5-6-13-12(19)15-9(7-20-3)11(17)18/h8-9H,4-7H2,1-3H3,(H,14,16)(H,17,18)(H2,13,15,19). The van der Waals surface area contributed by atoms with Gasteiger partial charge in [-0.25, -0.2) is 9.59 Å². The van der Waals surface area contributed by atoms with Crippen LogP contribution in [-0.4, -0.2) is 55.4 Å². The quantitative estimate of drug-likeness (QED) is 0.464. The summed E-state index contributed by atoms with van der Waals surface area (Å²) in [6.45, 7) is 3.85. The highest BCUT2D eigenvalue weighted by Crippen LogP contribution is 1.89. The minimum atomic E-state index is -1.18. The first-order valence-electron chi connectivity index (χ1n) is 6.46. The molecule has 0 aromatic heterocycles. The number of amides is 3. The van der Waals surface area contributed by atoms with Crippen LogP contribution in [0.4, 0.5) is 4.79 Å². The molecule has 0 heterocycles. The lowest BCUT2D eigenvalue weighted by molar-refractivity contribution is -0.140. The van der Waals surface area contributed by atoms with E-state index in [0.717, 1.165) is 6.42 Å². The van der Waals surface area contributed by atoms with Crippen LogP contribution in [0.1, 0.15) is 26.7 Å². The van der Waals surface area contributed by atoms with Crippen molar-refractivity contribution in [3.8, 4) is 0 Å². The molecule has 8 heteroatoms. The van der Waals surface area contributed by atoms with Gasteiger partial charge in [0.2, 0.25) is 5.91 Å². The fourth-order valence-corrected chi connectivity index (χ4v) is 1.29. The lowest BCUT2D eigenvalue weighted by Gasteiger charge is -2.14. The minimum absolute atomic E-state index is 0.0921. The lowest BCUT2D eigenvalue weighted by atomic mass is 10.2. The number of nitrogens with one attached hydrogen (secondary N) is 3. The molecule has 0 aromatic carbocycles. The molecule has 0 fully saturated rings. The summed E-state index contributed by atoms with van der Waals surface area (Å²) < 4.78 is 4.68. The van der Waals surface area contributed by atoms with Gasteiger partial charge in [-0.1, -0.05) is 6.92 Å². The van der Waals surface area contributed by atoms with Crippen LogP contribution < -0.4 is 16.0 Å². The zero-order chi connectivity index (χ0) is 15.5. The topological polar surface area (TPSA) is 117 Å². The fourth-order valence-electron chi connectivity index (χ4n) is 1.29. The molecular weight excluding hydrogens is 266 g/mol. The second kappa shape index (κ2) is 10.0. The summed E-state index contributed by atoms with van der Waals surface area (Å²) in [6, 6.07) is -1.67. The Labute approximate surface area is 118 Å². The number of carbonyl (C=O) groups is 3. The number of urea groups is 1. The fraction of sp³-hybridized carbons (Fsp3) is 0.750. The van der Waals surface area contributed by atoms with Crippen LogP contribution in [0, 0.1) is 0 Å². The number of rotatable bonds is 9. The largest absolute Gasteiger partial charge is 0.480 e. The lowest BCUT2D eigenvalue weighted by Crippen LogP contribution is -2.48. The minimum Gasteiger partial charge on any atom is -0.480 e. The van der Waals surface area contributed by atoms with Crippen LogP contribution in [0.3, 0.4) is 0 Å². The van der Waals surface area contributed by atoms with Crippen LogP contribution in [-0.2, 0) is 14.3 Å². The van der Waals surface area contributed by atoms with Gasteiger partial charge in [-0.2, -0.15) is 0 Å². The second-order valence-electron chi connectivity index (χ2n) is 4.37. The van der Waals surface area contributed by atoms with Crippen LogP contribution in [0.2, 0.25) is 0 Å². The summed E-state index contributed by atoms with van der Waals surface area (Å²) in [5.41, 5.74) is 0. The third-order valence-electron chi connectivity index (χ3n) is 2.59. The molecule has 0 aliphatic rings. The van der Waals surface area contributed by atoms with Crippen LogP contribution in [0.15, 0.2) is 0 Å². The van der Waals surface area contributed by atoms with Gasteiger partial charge in [-0.15, -0.1) is 0 Å². The molecule has 0 aliphatic heterocycles. The van der Waals surface area contributed by atoms with Gasteiger partial charge in [0.15, 0.2) is 6.04 Å². The third kappa shape index (κ3) is 8.30. The molecule has 0 aliphatic carbocycles. The number of hydrogen-bond acceptors (Lipinski definition) is 4. The Balaban J connectivity index is 3.93. The zero-order valence-corrected chi connectivity index (χ0v) is 12.1. The van der Waals surface area contributed by atoms with Gasteiger partial charge in [-0.05, 0) is 13.3 Å². The van der Waals surface area contributed by atoms with Gasteiger partial charge in [0.25, 0.3) is 0 Å². The number of aliphatic carboxylic acids is 1. The number of methoxy groups -OCH3 is 1. The van der Waals surface area contributed by atoms with Gasteiger partial charge >= 0.3 is 12.0 Å². The Hall–Kier alpha value is -1.83. The van der Waals surface area contributed by atoms with E-state index >= 15 is 0 Å². The summed E-state index contributed by atoms with van der Waals surface area (Å²) in [5, 5.41) is 16.2. The van der Waals surface area contributed by atoms with Gasteiger partial charge in [0.1, 0.15) is 0 Å². The van der Waals surface area contributed by atoms with Crippen molar-refractivity contribution < 1.29 is 24.2 Å². The third-order valence-corrected chi connectivity index (χ3v) is 2.59. The average molecular weight is 289 g/mol. The average Bonchev–Trinajstić information content (AvgIpc) is 2.37. The van der Waals surface area contributed by atoms with Gasteiger partial charge in [0, 0.05) is 26.1 Å². The maximum Gasteiger partial charge on any atom is 0.328 e. The molecule has 3 amide bonds. The van der Waals surface area contributed by atoms with Crippen molar-refractivity contribution in [2.24, 2.45) is 0 Å². The van der Waals surface area contributed by atoms with E-state index in [1.54, 1.807) is 0 Å². The van der Waals surface area contributed by atoms with Gasteiger partial charge in [0.05, 0.1) is 6.61 Å². The number of carboxylic acid groups (broad SMARTS) is 1. The van der Waals surface area contributed by atoms with Crippen LogP contribution >= 0.6 is 0 Å². The normalized spacial score (nSPS) is 13.2. The molecule has 0 spiro atoms. The molecular formula is C12H23N3O5. The highest BCUT2D eigenvalue weighted by Gasteiger charge is 2.19. The molecule has 0 radical (unpaired) electrons. The van der Waals surface area contributed by atoms with Crippen LogP contribution in [0.5, 0.6) is 0 Å². The van der Waals surface area contributed by atoms with Gasteiger partial charge < -0.3 is 25.8 Å². The maximum atomic E-state index is 11.4. The summed E-state index contributed by atoms with van der Waals surface area (Å²) >= 11 is 0. The molecule has 0 saturated carbocycles. The first-order chi connectivity index (χ1) is 9.40. The molecule has 0 bridgehead atoms. The second-order valence-corrected chi connectivity index (χ2v) is 4.37. The Kier molecular flexibility index (Phi) is 9.10. The molecule has 0 aromatic rings. The highest BCUT2D eigenvalue weighted by molar-refractivity contribution is 5.83. The molecule has 20 heavy (non-hydrogen) atoms. The monoisotopic (exact) mass is 289 g/mol. The summed E-state index contributed by atoms with van der Waals surface area (Å²) in [4.78, 5) is 33.6. The number of hydrogen-bond donors (Lipinski definition) is 4. The Morgan fingerprint density at radius 3 is 2.40 bits per heavy atom. The van der Waals surface area contributed by atoms with Crippen molar-refractivity contribution >= 4 is 17.9 Å². The van der Waals surface area contributed by atoms with Crippen molar-refractivity contribution in [2.75, 3.05) is 20.3 Å². The van der Waals surface area contributed by atoms with Crippen molar-refractivity contribution in [2.45, 2.75) is 38.8 Å². The first kappa shape index (κ1) is 18.2. The van der Waals surface area contributed by atoms with E-state index in [0.29, 0.717) is 0 Å². The van der Waals surface area contributed by atoms with Crippen molar-refractivity contribution in [3.05, 3.63) is 0 Å². The highest BCUT2D eigenvalue weighted by atomic mass is 16.5. The van der Waals surface area contributed by atoms with Crippen molar-refractivity contribution in [1.29, 1.82) is 0 Å². The molecule has 0 saturated heterocycles. The maximum absolute atomic E-state index is 11.4. The first-order valence-corrected chi connectivity index (χ1v) is 6.46. The van der Waals surface area contributed by atoms with Crippen molar-refractivity contribution in [3.63, 3.8) is 0 Å². The van der Waals surface area contributed by atoms with Crippen LogP contribution in [0.25, 0.3) is 0 Å². The molecule has 8 nitrogen and oxygen atoms in total. The Morgan fingerprint density at radius 1 is 1.25 bits per heavy atom. The Morgan fingerprint density at radius 2 is 1.90 bits per heavy atom. The molecule has 116 valence electrons. The SMILES string of the molecule is CCC(C)NC(=O)CCNC(=O)NC(COC)C(=O)O. The van der Waals surface area contributed by atoms with E-state index in [-0.39, 0.29) is 31.5 Å². The van der Waals surface area contributed by atoms with Gasteiger partial charge in [-0.3, -0.25) is 4.79 Å². The number of carboxylic acids is 1. The molecule has 0 rings (SSSR count). The summed E-state index contributed by atoms with van der Waals surface area (Å²) in [7, 11) is 1.34.